The van der Waals surface area contributed by atoms with Crippen LogP contribution in [0.1, 0.15) is 18.4 Å². The predicted octanol–water partition coefficient (Wildman–Crippen LogP) is 2.13. The van der Waals surface area contributed by atoms with Gasteiger partial charge >= 0.3 is 0 Å². The summed E-state index contributed by atoms with van der Waals surface area (Å²) in [7, 11) is 0. The normalized spacial score (nSPS) is 12.9. The summed E-state index contributed by atoms with van der Waals surface area (Å²) in [4.78, 5) is 0. The molecule has 1 unspecified atom stereocenters. The maximum atomic E-state index is 8.90. The Balaban J connectivity index is 2.96. The lowest BCUT2D eigenvalue weighted by Crippen LogP contribution is -1.99. The van der Waals surface area contributed by atoms with Gasteiger partial charge in [-0.1, -0.05) is 13.0 Å². The largest absolute Gasteiger partial charge is 0.398 e. The average molecular weight is 230 g/mol. The molecule has 1 atom stereocenters. The second kappa shape index (κ2) is 3.92. The second-order valence-electron chi connectivity index (χ2n) is 2.86. The van der Waals surface area contributed by atoms with E-state index < -0.39 is 0 Å². The Labute approximate surface area is 80.5 Å². The van der Waals surface area contributed by atoms with Gasteiger partial charge in [0.25, 0.3) is 0 Å². The van der Waals surface area contributed by atoms with E-state index in [9.17, 15) is 0 Å². The molecule has 3 heteroatoms. The number of aliphatic hydroxyl groups excluding tert-OH is 1. The minimum atomic E-state index is 0.163. The van der Waals surface area contributed by atoms with Crippen molar-refractivity contribution >= 4 is 21.6 Å². The lowest BCUT2D eigenvalue weighted by Gasteiger charge is -2.09. The molecule has 1 aromatic rings. The zero-order valence-corrected chi connectivity index (χ0v) is 8.51. The van der Waals surface area contributed by atoms with Crippen LogP contribution in [0, 0.1) is 0 Å². The van der Waals surface area contributed by atoms with Gasteiger partial charge in [-0.25, -0.2) is 0 Å². The van der Waals surface area contributed by atoms with Crippen LogP contribution in [0.5, 0.6) is 0 Å². The third-order valence-corrected chi connectivity index (χ3v) is 2.55. The van der Waals surface area contributed by atoms with Crippen LogP contribution in [-0.2, 0) is 0 Å². The molecule has 1 rings (SSSR count). The first-order valence-corrected chi connectivity index (χ1v) is 4.60. The van der Waals surface area contributed by atoms with E-state index >= 15 is 0 Å². The van der Waals surface area contributed by atoms with E-state index in [4.69, 9.17) is 10.8 Å². The Morgan fingerprint density at radius 2 is 2.25 bits per heavy atom. The van der Waals surface area contributed by atoms with Crippen molar-refractivity contribution in [2.45, 2.75) is 12.8 Å². The summed E-state index contributed by atoms with van der Waals surface area (Å²) in [5.41, 5.74) is 7.44. The molecule has 0 fully saturated rings. The molecule has 0 aliphatic rings. The summed E-state index contributed by atoms with van der Waals surface area (Å²) in [6.45, 7) is 2.13. The highest BCUT2D eigenvalue weighted by Gasteiger charge is 2.04. The van der Waals surface area contributed by atoms with Crippen LogP contribution in [0.3, 0.4) is 0 Å². The first-order valence-electron chi connectivity index (χ1n) is 3.81. The van der Waals surface area contributed by atoms with Crippen LogP contribution < -0.4 is 5.73 Å². The highest BCUT2D eigenvalue weighted by Crippen LogP contribution is 2.24. The van der Waals surface area contributed by atoms with Gasteiger partial charge in [0.1, 0.15) is 0 Å². The summed E-state index contributed by atoms with van der Waals surface area (Å²) in [5.74, 6) is 0.168. The van der Waals surface area contributed by atoms with Gasteiger partial charge in [0, 0.05) is 22.7 Å². The summed E-state index contributed by atoms with van der Waals surface area (Å²) >= 11 is 3.34. The molecule has 0 saturated carbocycles. The summed E-state index contributed by atoms with van der Waals surface area (Å²) < 4.78 is 0.889. The Bertz CT molecular complexity index is 275. The van der Waals surface area contributed by atoms with Crippen molar-refractivity contribution in [1.29, 1.82) is 0 Å². The minimum Gasteiger partial charge on any atom is -0.398 e. The van der Waals surface area contributed by atoms with Crippen LogP contribution >= 0.6 is 15.9 Å². The Morgan fingerprint density at radius 3 is 2.75 bits per heavy atom. The molecule has 0 aliphatic heterocycles. The number of halogens is 1. The summed E-state index contributed by atoms with van der Waals surface area (Å²) in [5, 5.41) is 8.90. The number of hydrogen-bond donors (Lipinski definition) is 2. The third-order valence-electron chi connectivity index (χ3n) is 1.87. The van der Waals surface area contributed by atoms with E-state index in [1.807, 2.05) is 25.1 Å². The zero-order valence-electron chi connectivity index (χ0n) is 6.92. The molecule has 0 heterocycles. The summed E-state index contributed by atoms with van der Waals surface area (Å²) in [6, 6.07) is 5.71. The molecule has 0 bridgehead atoms. The fraction of sp³-hybridized carbons (Fsp3) is 0.333. The first-order chi connectivity index (χ1) is 5.65. The van der Waals surface area contributed by atoms with Crippen molar-refractivity contribution in [1.82, 2.24) is 0 Å². The predicted molar refractivity (Wildman–Crippen MR) is 54.1 cm³/mol. The van der Waals surface area contributed by atoms with E-state index in [0.717, 1.165) is 15.7 Å². The Morgan fingerprint density at radius 1 is 1.58 bits per heavy atom. The molecule has 0 spiro atoms. The SMILES string of the molecule is CC(CO)c1ccc(N)c(Br)c1. The van der Waals surface area contributed by atoms with Gasteiger partial charge in [0.05, 0.1) is 0 Å². The number of nitrogen functional groups attached to an aromatic ring is 1. The van der Waals surface area contributed by atoms with Crippen LogP contribution in [0.4, 0.5) is 5.69 Å². The first kappa shape index (κ1) is 9.55. The number of aliphatic hydroxyl groups is 1. The Kier molecular flexibility index (Phi) is 3.12. The van der Waals surface area contributed by atoms with Gasteiger partial charge in [-0.3, -0.25) is 0 Å². The lowest BCUT2D eigenvalue weighted by molar-refractivity contribution is 0.273. The van der Waals surface area contributed by atoms with E-state index in [1.165, 1.54) is 0 Å². The molecular weight excluding hydrogens is 218 g/mol. The lowest BCUT2D eigenvalue weighted by atomic mass is 10.0. The zero-order chi connectivity index (χ0) is 9.14. The quantitative estimate of drug-likeness (QED) is 0.764. The number of anilines is 1. The van der Waals surface area contributed by atoms with E-state index in [0.29, 0.717) is 0 Å². The van der Waals surface area contributed by atoms with Crippen molar-refractivity contribution < 1.29 is 5.11 Å². The molecule has 0 amide bonds. The maximum Gasteiger partial charge on any atom is 0.0497 e. The molecule has 0 saturated heterocycles. The van der Waals surface area contributed by atoms with Crippen molar-refractivity contribution in [3.8, 4) is 0 Å². The standard InChI is InChI=1S/C9H12BrNO/c1-6(5-12)7-2-3-9(11)8(10)4-7/h2-4,6,12H,5,11H2,1H3. The van der Waals surface area contributed by atoms with Gasteiger partial charge in [0.2, 0.25) is 0 Å². The highest BCUT2D eigenvalue weighted by molar-refractivity contribution is 9.10. The molecule has 66 valence electrons. The number of benzene rings is 1. The third kappa shape index (κ3) is 1.99. The number of hydrogen-bond acceptors (Lipinski definition) is 2. The summed E-state index contributed by atoms with van der Waals surface area (Å²) in [6.07, 6.45) is 0. The van der Waals surface area contributed by atoms with Crippen molar-refractivity contribution in [2.75, 3.05) is 12.3 Å². The van der Waals surface area contributed by atoms with Crippen LogP contribution in [0.25, 0.3) is 0 Å². The van der Waals surface area contributed by atoms with Gasteiger partial charge < -0.3 is 10.8 Å². The van der Waals surface area contributed by atoms with Crippen LogP contribution in [0.2, 0.25) is 0 Å². The average Bonchev–Trinajstić information content (AvgIpc) is 2.08. The van der Waals surface area contributed by atoms with Crippen molar-refractivity contribution in [2.24, 2.45) is 0 Å². The maximum absolute atomic E-state index is 8.90. The fourth-order valence-electron chi connectivity index (χ4n) is 0.955. The molecular formula is C9H12BrNO. The monoisotopic (exact) mass is 229 g/mol. The molecule has 1 aromatic carbocycles. The molecule has 0 aromatic heterocycles. The van der Waals surface area contributed by atoms with Crippen LogP contribution in [0.15, 0.2) is 22.7 Å². The molecule has 12 heavy (non-hydrogen) atoms. The topological polar surface area (TPSA) is 46.2 Å². The highest BCUT2D eigenvalue weighted by atomic mass is 79.9. The van der Waals surface area contributed by atoms with Gasteiger partial charge in [-0.05, 0) is 33.6 Å². The number of nitrogens with two attached hydrogens (primary N) is 1. The van der Waals surface area contributed by atoms with E-state index in [-0.39, 0.29) is 12.5 Å². The van der Waals surface area contributed by atoms with Crippen LogP contribution in [-0.4, -0.2) is 11.7 Å². The molecule has 0 aliphatic carbocycles. The molecule has 3 N–H and O–H groups in total. The van der Waals surface area contributed by atoms with Crippen molar-refractivity contribution in [3.05, 3.63) is 28.2 Å². The van der Waals surface area contributed by atoms with Crippen molar-refractivity contribution in [3.63, 3.8) is 0 Å². The fourth-order valence-corrected chi connectivity index (χ4v) is 1.35. The Hall–Kier alpha value is -0.540. The smallest absolute Gasteiger partial charge is 0.0497 e. The number of rotatable bonds is 2. The van der Waals surface area contributed by atoms with Gasteiger partial charge in [-0.15, -0.1) is 0 Å². The molecule has 2 nitrogen and oxygen atoms in total. The van der Waals surface area contributed by atoms with Gasteiger partial charge in [0.15, 0.2) is 0 Å². The van der Waals surface area contributed by atoms with E-state index in [2.05, 4.69) is 15.9 Å². The minimum absolute atomic E-state index is 0.163. The molecule has 0 radical (unpaired) electrons. The van der Waals surface area contributed by atoms with E-state index in [1.54, 1.807) is 0 Å². The van der Waals surface area contributed by atoms with Gasteiger partial charge in [-0.2, -0.15) is 0 Å². The second-order valence-corrected chi connectivity index (χ2v) is 3.72.